The molecule has 2 atom stereocenters. The standard InChI is InChI=1S/C28H33F2N5O3/c1-19(36)33-13-5-8-22(18-33)35-25(21-6-3-2-4-7-21)26(27(37)32-14-11-31-12-15-32)34(28(35)38)17-20-9-10-23(29)24(30)16-20/h2-4,6-7,9,16,22-23,31H,5,8,10-15,17-18H2,1H3. The minimum atomic E-state index is -1.69. The smallest absolute Gasteiger partial charge is 0.329 e. The summed E-state index contributed by atoms with van der Waals surface area (Å²) in [6, 6.07) is 8.98. The van der Waals surface area contributed by atoms with E-state index in [1.165, 1.54) is 11.5 Å². The van der Waals surface area contributed by atoms with Crippen molar-refractivity contribution in [3.05, 3.63) is 70.1 Å². The first-order chi connectivity index (χ1) is 18.3. The Labute approximate surface area is 220 Å². The lowest BCUT2D eigenvalue weighted by molar-refractivity contribution is -0.130. The zero-order valence-electron chi connectivity index (χ0n) is 21.5. The molecule has 5 rings (SSSR count). The number of carbonyl (C=O) groups is 2. The van der Waals surface area contributed by atoms with Gasteiger partial charge in [-0.25, -0.2) is 13.6 Å². The third-order valence-electron chi connectivity index (χ3n) is 7.58. The minimum Gasteiger partial charge on any atom is -0.341 e. The van der Waals surface area contributed by atoms with E-state index in [0.29, 0.717) is 62.5 Å². The summed E-state index contributed by atoms with van der Waals surface area (Å²) in [6.07, 6.45) is 2.30. The fourth-order valence-electron chi connectivity index (χ4n) is 5.59. The van der Waals surface area contributed by atoms with E-state index >= 15 is 0 Å². The van der Waals surface area contributed by atoms with Crippen molar-refractivity contribution >= 4 is 11.8 Å². The number of nitrogens with one attached hydrogen (secondary N) is 1. The molecule has 2 fully saturated rings. The number of amides is 2. The van der Waals surface area contributed by atoms with Crippen LogP contribution in [0.3, 0.4) is 0 Å². The van der Waals surface area contributed by atoms with Crippen molar-refractivity contribution in [1.82, 2.24) is 24.3 Å². The quantitative estimate of drug-likeness (QED) is 0.651. The number of carbonyl (C=O) groups excluding carboxylic acids is 2. The minimum absolute atomic E-state index is 0.0535. The molecule has 202 valence electrons. The summed E-state index contributed by atoms with van der Waals surface area (Å²) < 4.78 is 31.0. The van der Waals surface area contributed by atoms with E-state index in [-0.39, 0.29) is 36.5 Å². The Morgan fingerprint density at radius 1 is 1.08 bits per heavy atom. The molecule has 0 bridgehead atoms. The maximum atomic E-state index is 14.2. The number of halogens is 2. The first-order valence-electron chi connectivity index (χ1n) is 13.2. The first-order valence-corrected chi connectivity index (χ1v) is 13.2. The second kappa shape index (κ2) is 11.1. The third kappa shape index (κ3) is 5.09. The molecule has 8 nitrogen and oxygen atoms in total. The number of alkyl halides is 1. The van der Waals surface area contributed by atoms with Crippen LogP contribution in [0.5, 0.6) is 0 Å². The summed E-state index contributed by atoms with van der Waals surface area (Å²) in [7, 11) is 0. The third-order valence-corrected chi connectivity index (χ3v) is 7.58. The first kappa shape index (κ1) is 26.1. The van der Waals surface area contributed by atoms with Crippen LogP contribution >= 0.6 is 0 Å². The molecule has 0 spiro atoms. The van der Waals surface area contributed by atoms with Crippen molar-refractivity contribution in [1.29, 1.82) is 0 Å². The fourth-order valence-corrected chi connectivity index (χ4v) is 5.59. The highest BCUT2D eigenvalue weighted by Crippen LogP contribution is 2.32. The van der Waals surface area contributed by atoms with Gasteiger partial charge in [-0.2, -0.15) is 0 Å². The Hall–Kier alpha value is -3.53. The van der Waals surface area contributed by atoms with Gasteiger partial charge in [0.25, 0.3) is 5.91 Å². The average Bonchev–Trinajstić information content (AvgIpc) is 3.23. The highest BCUT2D eigenvalue weighted by molar-refractivity contribution is 5.99. The van der Waals surface area contributed by atoms with Crippen molar-refractivity contribution in [2.45, 2.75) is 44.9 Å². The molecule has 1 N–H and O–H groups in total. The van der Waals surface area contributed by atoms with Gasteiger partial charge in [-0.15, -0.1) is 0 Å². The molecule has 1 aromatic carbocycles. The molecule has 3 heterocycles. The summed E-state index contributed by atoms with van der Waals surface area (Å²) >= 11 is 0. The molecule has 38 heavy (non-hydrogen) atoms. The molecular formula is C28H33F2N5O3. The van der Waals surface area contributed by atoms with Gasteiger partial charge in [-0.05, 0) is 24.5 Å². The Morgan fingerprint density at radius 3 is 2.50 bits per heavy atom. The SMILES string of the molecule is CC(=O)N1CCCC(n2c(-c3ccccc3)c(C(=O)N3CCNCC3)n(CC3=CCC(F)C(F)=C3)c2=O)C1. The molecule has 2 saturated heterocycles. The highest BCUT2D eigenvalue weighted by atomic mass is 19.2. The Kier molecular flexibility index (Phi) is 7.60. The number of hydrogen-bond acceptors (Lipinski definition) is 4. The number of benzene rings is 1. The number of imidazole rings is 1. The van der Waals surface area contributed by atoms with Gasteiger partial charge < -0.3 is 15.1 Å². The van der Waals surface area contributed by atoms with E-state index in [1.54, 1.807) is 20.4 Å². The summed E-state index contributed by atoms with van der Waals surface area (Å²) in [5.74, 6) is -1.21. The van der Waals surface area contributed by atoms with Gasteiger partial charge in [0, 0.05) is 58.2 Å². The van der Waals surface area contributed by atoms with Crippen LogP contribution in [0, 0.1) is 0 Å². The van der Waals surface area contributed by atoms with Crippen LogP contribution in [0.2, 0.25) is 0 Å². The van der Waals surface area contributed by atoms with Crippen LogP contribution < -0.4 is 11.0 Å². The molecule has 1 aliphatic carbocycles. The van der Waals surface area contributed by atoms with Gasteiger partial charge in [0.05, 0.1) is 18.3 Å². The monoisotopic (exact) mass is 525 g/mol. The van der Waals surface area contributed by atoms with Crippen LogP contribution in [0.25, 0.3) is 11.3 Å². The lowest BCUT2D eigenvalue weighted by atomic mass is 10.0. The Balaban J connectivity index is 1.69. The average molecular weight is 526 g/mol. The van der Waals surface area contributed by atoms with Gasteiger partial charge in [-0.1, -0.05) is 36.4 Å². The summed E-state index contributed by atoms with van der Waals surface area (Å²) in [5.41, 5.74) is 1.50. The molecule has 2 unspecified atom stereocenters. The number of piperidine rings is 1. The number of rotatable bonds is 5. The van der Waals surface area contributed by atoms with Gasteiger partial charge in [-0.3, -0.25) is 18.7 Å². The lowest BCUT2D eigenvalue weighted by Crippen LogP contribution is -2.47. The number of nitrogens with zero attached hydrogens (tertiary/aromatic N) is 4. The zero-order valence-corrected chi connectivity index (χ0v) is 21.5. The molecule has 3 aliphatic rings. The molecule has 2 aliphatic heterocycles. The molecule has 0 radical (unpaired) electrons. The van der Waals surface area contributed by atoms with E-state index in [0.717, 1.165) is 12.5 Å². The van der Waals surface area contributed by atoms with Crippen molar-refractivity contribution < 1.29 is 18.4 Å². The van der Waals surface area contributed by atoms with Crippen molar-refractivity contribution in [3.8, 4) is 11.3 Å². The highest BCUT2D eigenvalue weighted by Gasteiger charge is 2.35. The van der Waals surface area contributed by atoms with Gasteiger partial charge in [0.2, 0.25) is 5.91 Å². The van der Waals surface area contributed by atoms with Gasteiger partial charge in [0.1, 0.15) is 11.5 Å². The number of hydrogen-bond donors (Lipinski definition) is 1. The van der Waals surface area contributed by atoms with Crippen LogP contribution in [0.15, 0.2) is 58.7 Å². The van der Waals surface area contributed by atoms with E-state index in [1.807, 2.05) is 30.3 Å². The van der Waals surface area contributed by atoms with Crippen LogP contribution in [0.4, 0.5) is 8.78 Å². The maximum absolute atomic E-state index is 14.2. The van der Waals surface area contributed by atoms with Crippen LogP contribution in [-0.4, -0.2) is 76.2 Å². The second-order valence-corrected chi connectivity index (χ2v) is 10.1. The Morgan fingerprint density at radius 2 is 1.82 bits per heavy atom. The number of allylic oxidation sites excluding steroid dienone is 4. The number of likely N-dealkylation sites (tertiary alicyclic amines) is 1. The Bertz CT molecular complexity index is 1320. The van der Waals surface area contributed by atoms with Gasteiger partial charge in [0.15, 0.2) is 6.17 Å². The normalized spacial score (nSPS) is 22.2. The van der Waals surface area contributed by atoms with Crippen LogP contribution in [-0.2, 0) is 11.3 Å². The summed E-state index contributed by atoms with van der Waals surface area (Å²) in [6.45, 7) is 4.72. The van der Waals surface area contributed by atoms with Crippen molar-refractivity contribution in [2.75, 3.05) is 39.3 Å². The van der Waals surface area contributed by atoms with E-state index in [9.17, 15) is 23.2 Å². The fraction of sp³-hybridized carbons (Fsp3) is 0.464. The summed E-state index contributed by atoms with van der Waals surface area (Å²) in [5, 5.41) is 3.24. The van der Waals surface area contributed by atoms with Crippen molar-refractivity contribution in [3.63, 3.8) is 0 Å². The topological polar surface area (TPSA) is 79.6 Å². The van der Waals surface area contributed by atoms with E-state index in [4.69, 9.17) is 0 Å². The predicted molar refractivity (Wildman–Crippen MR) is 140 cm³/mol. The molecular weight excluding hydrogens is 492 g/mol. The predicted octanol–water partition coefficient (Wildman–Crippen LogP) is 3.07. The molecule has 2 aromatic rings. The zero-order chi connectivity index (χ0) is 26.8. The second-order valence-electron chi connectivity index (χ2n) is 10.1. The van der Waals surface area contributed by atoms with E-state index < -0.39 is 17.7 Å². The van der Waals surface area contributed by atoms with Crippen LogP contribution in [0.1, 0.15) is 42.7 Å². The molecule has 1 aromatic heterocycles. The molecule has 0 saturated carbocycles. The summed E-state index contributed by atoms with van der Waals surface area (Å²) in [4.78, 5) is 43.9. The maximum Gasteiger partial charge on any atom is 0.329 e. The van der Waals surface area contributed by atoms with Gasteiger partial charge >= 0.3 is 5.69 Å². The number of piperazine rings is 1. The number of aromatic nitrogens is 2. The van der Waals surface area contributed by atoms with Crippen molar-refractivity contribution in [2.24, 2.45) is 0 Å². The van der Waals surface area contributed by atoms with E-state index in [2.05, 4.69) is 5.32 Å². The lowest BCUT2D eigenvalue weighted by Gasteiger charge is -2.33. The molecule has 10 heteroatoms. The molecule has 2 amide bonds. The largest absolute Gasteiger partial charge is 0.341 e.